The highest BCUT2D eigenvalue weighted by Gasteiger charge is 2.18. The van der Waals surface area contributed by atoms with Gasteiger partial charge < -0.3 is 0 Å². The molecular weight excluding hydrogens is 340 g/mol. The highest BCUT2D eigenvalue weighted by Crippen LogP contribution is 2.24. The van der Waals surface area contributed by atoms with Gasteiger partial charge in [-0.05, 0) is 25.0 Å². The van der Waals surface area contributed by atoms with E-state index < -0.39 is 0 Å². The van der Waals surface area contributed by atoms with Gasteiger partial charge in [-0.1, -0.05) is 46.6 Å². The minimum Gasteiger partial charge on any atom is -0.294 e. The molecule has 0 aliphatic rings. The molecular formula is C15H16BrClN2O. The molecule has 0 aliphatic carbocycles. The largest absolute Gasteiger partial charge is 0.294 e. The smallest absolute Gasteiger partial charge is 0.169 e. The van der Waals surface area contributed by atoms with Crippen molar-refractivity contribution in [3.05, 3.63) is 50.2 Å². The van der Waals surface area contributed by atoms with E-state index in [2.05, 4.69) is 21.0 Å². The number of aryl methyl sites for hydroxylation is 2. The highest BCUT2D eigenvalue weighted by molar-refractivity contribution is 9.10. The number of hydrogen-bond donors (Lipinski definition) is 0. The Morgan fingerprint density at radius 2 is 2.15 bits per heavy atom. The lowest BCUT2D eigenvalue weighted by molar-refractivity contribution is 0.0990. The van der Waals surface area contributed by atoms with Crippen LogP contribution in [0.5, 0.6) is 0 Å². The number of benzene rings is 1. The number of hydrogen-bond acceptors (Lipinski definition) is 2. The molecule has 2 aromatic rings. The average molecular weight is 356 g/mol. The quantitative estimate of drug-likeness (QED) is 0.773. The number of carbonyl (C=O) groups is 1. The summed E-state index contributed by atoms with van der Waals surface area (Å²) in [6.45, 7) is 3.93. The maximum atomic E-state index is 12.5. The Labute approximate surface area is 132 Å². The molecule has 0 atom stereocenters. The van der Waals surface area contributed by atoms with Crippen LogP contribution < -0.4 is 0 Å². The van der Waals surface area contributed by atoms with Crippen LogP contribution in [-0.4, -0.2) is 15.6 Å². The van der Waals surface area contributed by atoms with E-state index in [1.54, 1.807) is 4.68 Å². The van der Waals surface area contributed by atoms with Crippen LogP contribution in [0.1, 0.15) is 34.2 Å². The average Bonchev–Trinajstić information content (AvgIpc) is 2.69. The van der Waals surface area contributed by atoms with Crippen molar-refractivity contribution in [1.29, 1.82) is 0 Å². The minimum absolute atomic E-state index is 0.0522. The predicted octanol–water partition coefficient (Wildman–Crippen LogP) is 4.13. The van der Waals surface area contributed by atoms with Gasteiger partial charge in [-0.15, -0.1) is 0 Å². The van der Waals surface area contributed by atoms with Crippen molar-refractivity contribution in [3.8, 4) is 0 Å². The van der Waals surface area contributed by atoms with E-state index in [4.69, 9.17) is 11.6 Å². The molecule has 1 aromatic heterocycles. The lowest BCUT2D eigenvalue weighted by Gasteiger charge is -2.07. The molecule has 0 bridgehead atoms. The summed E-state index contributed by atoms with van der Waals surface area (Å²) in [5.41, 5.74) is 3.28. The predicted molar refractivity (Wildman–Crippen MR) is 84.5 cm³/mol. The molecule has 0 unspecified atom stereocenters. The zero-order chi connectivity index (χ0) is 14.9. The SMILES string of the molecule is CCc1nn(C)c(CC(=O)c2cccc(Br)c2C)c1Cl. The summed E-state index contributed by atoms with van der Waals surface area (Å²) >= 11 is 9.74. The van der Waals surface area contributed by atoms with Crippen LogP contribution in [0.4, 0.5) is 0 Å². The molecule has 0 radical (unpaired) electrons. The fraction of sp³-hybridized carbons (Fsp3) is 0.333. The molecule has 0 fully saturated rings. The molecule has 0 saturated carbocycles. The Balaban J connectivity index is 2.33. The van der Waals surface area contributed by atoms with Crippen LogP contribution >= 0.6 is 27.5 Å². The number of ketones is 1. The summed E-state index contributed by atoms with van der Waals surface area (Å²) in [7, 11) is 1.82. The third-order valence-electron chi connectivity index (χ3n) is 3.40. The number of rotatable bonds is 4. The van der Waals surface area contributed by atoms with Crippen molar-refractivity contribution in [2.75, 3.05) is 0 Å². The summed E-state index contributed by atoms with van der Waals surface area (Å²) in [6.07, 6.45) is 1.02. The van der Waals surface area contributed by atoms with E-state index in [9.17, 15) is 4.79 Å². The zero-order valence-electron chi connectivity index (χ0n) is 11.7. The zero-order valence-corrected chi connectivity index (χ0v) is 14.0. The third kappa shape index (κ3) is 2.81. The summed E-state index contributed by atoms with van der Waals surface area (Å²) in [4.78, 5) is 12.5. The Bertz CT molecular complexity index is 664. The molecule has 106 valence electrons. The molecule has 0 N–H and O–H groups in total. The second-order valence-electron chi connectivity index (χ2n) is 4.70. The van der Waals surface area contributed by atoms with Crippen molar-refractivity contribution >= 4 is 33.3 Å². The summed E-state index contributed by atoms with van der Waals surface area (Å²) in [5.74, 6) is 0.0522. The van der Waals surface area contributed by atoms with Crippen molar-refractivity contribution in [1.82, 2.24) is 9.78 Å². The van der Waals surface area contributed by atoms with Gasteiger partial charge in [0.05, 0.1) is 22.8 Å². The van der Waals surface area contributed by atoms with E-state index in [0.29, 0.717) is 5.02 Å². The molecule has 0 amide bonds. The number of Topliss-reactive ketones (excluding diaryl/α,β-unsaturated/α-hetero) is 1. The van der Waals surface area contributed by atoms with Crippen LogP contribution in [0, 0.1) is 6.92 Å². The maximum Gasteiger partial charge on any atom is 0.169 e. The van der Waals surface area contributed by atoms with Crippen LogP contribution in [0.25, 0.3) is 0 Å². The molecule has 20 heavy (non-hydrogen) atoms. The van der Waals surface area contributed by atoms with Gasteiger partial charge in [0, 0.05) is 17.1 Å². The normalized spacial score (nSPS) is 10.8. The highest BCUT2D eigenvalue weighted by atomic mass is 79.9. The minimum atomic E-state index is 0.0522. The molecule has 0 aliphatic heterocycles. The van der Waals surface area contributed by atoms with Crippen molar-refractivity contribution in [2.24, 2.45) is 7.05 Å². The van der Waals surface area contributed by atoms with E-state index in [0.717, 1.165) is 33.4 Å². The lowest BCUT2D eigenvalue weighted by atomic mass is 10.0. The molecule has 5 heteroatoms. The van der Waals surface area contributed by atoms with Crippen LogP contribution in [0.3, 0.4) is 0 Å². The van der Waals surface area contributed by atoms with E-state index in [1.165, 1.54) is 0 Å². The van der Waals surface area contributed by atoms with Gasteiger partial charge in [0.25, 0.3) is 0 Å². The topological polar surface area (TPSA) is 34.9 Å². The van der Waals surface area contributed by atoms with Gasteiger partial charge in [0.2, 0.25) is 0 Å². The Kier molecular flexibility index (Phi) is 4.66. The third-order valence-corrected chi connectivity index (χ3v) is 4.69. The van der Waals surface area contributed by atoms with Crippen molar-refractivity contribution in [3.63, 3.8) is 0 Å². The van der Waals surface area contributed by atoms with E-state index >= 15 is 0 Å². The van der Waals surface area contributed by atoms with Gasteiger partial charge in [-0.3, -0.25) is 9.48 Å². The van der Waals surface area contributed by atoms with Crippen LogP contribution in [0.2, 0.25) is 5.02 Å². The molecule has 1 aromatic carbocycles. The van der Waals surface area contributed by atoms with Gasteiger partial charge in [-0.25, -0.2) is 0 Å². The first kappa shape index (κ1) is 15.3. The number of halogens is 2. The molecule has 2 rings (SSSR count). The van der Waals surface area contributed by atoms with Gasteiger partial charge in [0.15, 0.2) is 5.78 Å². The summed E-state index contributed by atoms with van der Waals surface area (Å²) in [6, 6.07) is 5.64. The van der Waals surface area contributed by atoms with Crippen LogP contribution in [-0.2, 0) is 19.9 Å². The van der Waals surface area contributed by atoms with E-state index in [-0.39, 0.29) is 12.2 Å². The first-order chi connectivity index (χ1) is 9.45. The molecule has 0 spiro atoms. The monoisotopic (exact) mass is 354 g/mol. The molecule has 0 saturated heterocycles. The Morgan fingerprint density at radius 1 is 1.45 bits per heavy atom. The van der Waals surface area contributed by atoms with Gasteiger partial charge in [-0.2, -0.15) is 5.10 Å². The number of aromatic nitrogens is 2. The number of carbonyl (C=O) groups excluding carboxylic acids is 1. The Morgan fingerprint density at radius 3 is 2.75 bits per heavy atom. The Hall–Kier alpha value is -1.13. The summed E-state index contributed by atoms with van der Waals surface area (Å²) < 4.78 is 2.64. The fourth-order valence-electron chi connectivity index (χ4n) is 2.17. The lowest BCUT2D eigenvalue weighted by Crippen LogP contribution is -2.10. The first-order valence-corrected chi connectivity index (χ1v) is 7.61. The van der Waals surface area contributed by atoms with Crippen molar-refractivity contribution < 1.29 is 4.79 Å². The van der Waals surface area contributed by atoms with Gasteiger partial charge >= 0.3 is 0 Å². The van der Waals surface area contributed by atoms with Gasteiger partial charge in [0.1, 0.15) is 0 Å². The fourth-order valence-corrected chi connectivity index (χ4v) is 2.90. The number of nitrogens with zero attached hydrogens (tertiary/aromatic N) is 2. The standard InChI is InChI=1S/C15H16BrClN2O/c1-4-12-15(17)13(19(3)18-12)8-14(20)10-6-5-7-11(16)9(10)2/h5-7H,4,8H2,1-3H3. The van der Waals surface area contributed by atoms with Crippen LogP contribution in [0.15, 0.2) is 22.7 Å². The molecule has 1 heterocycles. The second-order valence-corrected chi connectivity index (χ2v) is 5.93. The maximum absolute atomic E-state index is 12.5. The van der Waals surface area contributed by atoms with Crippen molar-refractivity contribution in [2.45, 2.75) is 26.7 Å². The van der Waals surface area contributed by atoms with E-state index in [1.807, 2.05) is 39.1 Å². The summed E-state index contributed by atoms with van der Waals surface area (Å²) in [5, 5.41) is 4.95. The first-order valence-electron chi connectivity index (χ1n) is 6.44. The molecule has 3 nitrogen and oxygen atoms in total. The second kappa shape index (κ2) is 6.10.